The van der Waals surface area contributed by atoms with Crippen LogP contribution < -0.4 is 22.9 Å². The number of carbonyl (C=O) groups excluding carboxylic acids is 4. The Hall–Kier alpha value is -2.28. The molecule has 0 fully saturated rings. The number of amides is 4. The summed E-state index contributed by atoms with van der Waals surface area (Å²) in [6, 6.07) is 0. The Morgan fingerprint density at radius 3 is 0.565 bits per heavy atom. The van der Waals surface area contributed by atoms with Gasteiger partial charge >= 0.3 is 0 Å². The van der Waals surface area contributed by atoms with E-state index in [9.17, 15) is 39.6 Å². The van der Waals surface area contributed by atoms with E-state index in [-0.39, 0.29) is 24.4 Å². The first-order valence-corrected chi connectivity index (χ1v) is 40.5. The highest BCUT2D eigenvalue weighted by Gasteiger charge is 2.61. The van der Waals surface area contributed by atoms with Gasteiger partial charge in [-0.3, -0.25) is 19.2 Å². The molecule has 0 heterocycles. The van der Waals surface area contributed by atoms with Gasteiger partial charge in [-0.05, 0) is 83.0 Å². The van der Waals surface area contributed by atoms with Crippen molar-refractivity contribution in [3.63, 3.8) is 0 Å². The fourth-order valence-corrected chi connectivity index (χ4v) is 15.9. The molecule has 0 bridgehead atoms. The van der Waals surface area contributed by atoms with Crippen molar-refractivity contribution in [1.82, 2.24) is 0 Å². The lowest BCUT2D eigenvalue weighted by molar-refractivity contribution is -0.162. The molecule has 0 aromatic rings. The normalized spacial score (nSPS) is 15.5. The van der Waals surface area contributed by atoms with Gasteiger partial charge in [0.15, 0.2) is 0 Å². The summed E-state index contributed by atoms with van der Waals surface area (Å²) in [5, 5.41) is 42.5. The molecule has 0 aromatic heterocycles. The van der Waals surface area contributed by atoms with Crippen LogP contribution in [0.3, 0.4) is 0 Å². The van der Waals surface area contributed by atoms with E-state index in [1.165, 1.54) is 103 Å². The summed E-state index contributed by atoms with van der Waals surface area (Å²) in [6.45, 7) is 10.9. The highest BCUT2D eigenvalue weighted by Crippen LogP contribution is 2.58. The Bertz CT molecular complexity index is 1530. The summed E-state index contributed by atoms with van der Waals surface area (Å²) in [5.74, 6) is -6.47. The summed E-state index contributed by atoms with van der Waals surface area (Å²) in [5.41, 5.74) is 25.4. The number of hydrogen-bond donors (Lipinski definition) is 8. The molecular weight excluding hydrogens is 1140 g/mol. The van der Waals surface area contributed by atoms with Crippen LogP contribution in [0, 0.1) is 35.0 Å². The van der Waals surface area contributed by atoms with Crippen molar-refractivity contribution < 1.29 is 39.6 Å². The molecule has 0 aliphatic heterocycles. The van der Waals surface area contributed by atoms with E-state index in [2.05, 4.69) is 27.7 Å². The van der Waals surface area contributed by atoms with E-state index in [0.29, 0.717) is 51.4 Å². The van der Waals surface area contributed by atoms with E-state index in [4.69, 9.17) is 22.9 Å². The Balaban J connectivity index is 6.82. The molecule has 0 saturated carbocycles. The second kappa shape index (κ2) is 63.5. The second-order valence-electron chi connectivity index (χ2n) is 29.5. The van der Waals surface area contributed by atoms with Crippen molar-refractivity contribution in [1.29, 1.82) is 0 Å². The highest BCUT2D eigenvalue weighted by molar-refractivity contribution is 5.87. The number of primary amides is 4. The van der Waals surface area contributed by atoms with Crippen LogP contribution in [0.25, 0.3) is 0 Å². The molecule has 9 atom stereocenters. The Labute approximate surface area is 569 Å². The molecule has 4 amide bonds. The van der Waals surface area contributed by atoms with Gasteiger partial charge in [-0.25, -0.2) is 0 Å². The Kier molecular flexibility index (Phi) is 61.9. The summed E-state index contributed by atoms with van der Waals surface area (Å²) < 4.78 is 0. The van der Waals surface area contributed by atoms with Crippen molar-refractivity contribution in [3.05, 3.63) is 0 Å². The van der Waals surface area contributed by atoms with Crippen molar-refractivity contribution in [2.45, 2.75) is 451 Å². The molecule has 546 valence electrons. The maximum Gasteiger partial charge on any atom is 0.221 e. The quantitative estimate of drug-likeness (QED) is 0.0271. The zero-order chi connectivity index (χ0) is 68.1. The Morgan fingerprint density at radius 1 is 0.239 bits per heavy atom. The third-order valence-corrected chi connectivity index (χ3v) is 21.5. The van der Waals surface area contributed by atoms with Gasteiger partial charge in [0, 0.05) is 29.1 Å². The number of nitrogens with two attached hydrogens (primary N) is 4. The SMILES string of the molecule is CCCCCCCC(O)CCCCCCCCCC(C(N)=O)C(CC)C(C(CCCCCCCCCC(O)CCCCCCC)C(N)=O)(C(CCCCCCCCCC(O)CCCCCCC)C(N)=O)C(CCCCCCCCCC(O)CCCCCCC)C(N)=O. The van der Waals surface area contributed by atoms with Gasteiger partial charge in [0.05, 0.1) is 24.4 Å². The summed E-state index contributed by atoms with van der Waals surface area (Å²) in [6.07, 6.45) is 58.6. The van der Waals surface area contributed by atoms with E-state index < -0.39 is 58.6 Å². The zero-order valence-corrected chi connectivity index (χ0v) is 61.6. The molecule has 0 saturated heterocycles. The average molecular weight is 1300 g/mol. The lowest BCUT2D eigenvalue weighted by Crippen LogP contribution is -2.61. The predicted molar refractivity (Wildman–Crippen MR) is 391 cm³/mol. The van der Waals surface area contributed by atoms with E-state index in [1.807, 2.05) is 6.92 Å². The van der Waals surface area contributed by atoms with Gasteiger partial charge in [0.1, 0.15) is 0 Å². The first kappa shape index (κ1) is 89.7. The van der Waals surface area contributed by atoms with Gasteiger partial charge in [0.25, 0.3) is 0 Å². The first-order valence-electron chi connectivity index (χ1n) is 40.5. The molecule has 0 rings (SSSR count). The van der Waals surface area contributed by atoms with E-state index in [1.54, 1.807) is 0 Å². The monoisotopic (exact) mass is 1300 g/mol. The molecule has 92 heavy (non-hydrogen) atoms. The fraction of sp³-hybridized carbons (Fsp3) is 0.950. The summed E-state index contributed by atoms with van der Waals surface area (Å²) >= 11 is 0. The fourth-order valence-electron chi connectivity index (χ4n) is 15.9. The molecule has 0 radical (unpaired) electrons. The number of unbranched alkanes of at least 4 members (excludes halogenated alkanes) is 40. The van der Waals surface area contributed by atoms with Gasteiger partial charge < -0.3 is 43.4 Å². The number of aliphatic hydroxyl groups is 4. The largest absolute Gasteiger partial charge is 0.393 e. The van der Waals surface area contributed by atoms with E-state index >= 15 is 0 Å². The molecule has 0 aliphatic rings. The Morgan fingerprint density at radius 2 is 0.402 bits per heavy atom. The molecule has 12 heteroatoms. The molecule has 12 N–H and O–H groups in total. The number of rotatable bonds is 74. The smallest absolute Gasteiger partial charge is 0.221 e. The first-order chi connectivity index (χ1) is 44.6. The van der Waals surface area contributed by atoms with Crippen molar-refractivity contribution in [2.24, 2.45) is 57.9 Å². The van der Waals surface area contributed by atoms with Gasteiger partial charge in [-0.1, -0.05) is 349 Å². The molecule has 0 aliphatic carbocycles. The third-order valence-electron chi connectivity index (χ3n) is 21.5. The molecule has 9 unspecified atom stereocenters. The number of hydrogen-bond acceptors (Lipinski definition) is 8. The van der Waals surface area contributed by atoms with Crippen LogP contribution in [0.1, 0.15) is 426 Å². The van der Waals surface area contributed by atoms with Crippen LogP contribution in [0.4, 0.5) is 0 Å². The molecule has 12 nitrogen and oxygen atoms in total. The topological polar surface area (TPSA) is 253 Å². The second-order valence-corrected chi connectivity index (χ2v) is 29.5. The van der Waals surface area contributed by atoms with Crippen LogP contribution in [0.5, 0.6) is 0 Å². The number of carbonyl (C=O) groups is 4. The van der Waals surface area contributed by atoms with Gasteiger partial charge in [0.2, 0.25) is 23.6 Å². The molecular formula is C80H158N4O8. The molecule has 0 spiro atoms. The summed E-state index contributed by atoms with van der Waals surface area (Å²) in [4.78, 5) is 58.6. The molecule has 0 aromatic carbocycles. The minimum absolute atomic E-state index is 0.220. The van der Waals surface area contributed by atoms with Crippen LogP contribution >= 0.6 is 0 Å². The third kappa shape index (κ3) is 46.0. The van der Waals surface area contributed by atoms with Crippen molar-refractivity contribution >= 4 is 23.6 Å². The minimum Gasteiger partial charge on any atom is -0.393 e. The van der Waals surface area contributed by atoms with E-state index in [0.717, 1.165) is 238 Å². The lowest BCUT2D eigenvalue weighted by Gasteiger charge is -2.55. The van der Waals surface area contributed by atoms with Gasteiger partial charge in [-0.15, -0.1) is 0 Å². The highest BCUT2D eigenvalue weighted by atomic mass is 16.3. The van der Waals surface area contributed by atoms with Crippen LogP contribution in [0.15, 0.2) is 0 Å². The average Bonchev–Trinajstić information content (AvgIpc) is 0.736. The zero-order valence-electron chi connectivity index (χ0n) is 61.6. The standard InChI is InChI=1S/C80H158N4O8/c1-6-11-15-31-43-55-67(85)59-47-35-23-19-27-39-51-63-71(76(81)89)72(10-5)80(73(77(82)90)64-52-40-28-20-24-36-48-60-68(86)56-44-32-16-12-7-2,74(78(83)91)65-53-41-29-21-25-37-49-61-69(87)57-45-33-17-13-8-3)75(79(84)92)66-54-42-30-22-26-38-50-62-70(88)58-46-34-18-14-9-4/h67-75,85-88H,6-66H2,1-5H3,(H2,81,89)(H2,82,90)(H2,83,91)(H2,84,92). The van der Waals surface area contributed by atoms with Crippen LogP contribution in [-0.4, -0.2) is 68.5 Å². The van der Waals surface area contributed by atoms with Crippen molar-refractivity contribution in [3.8, 4) is 0 Å². The minimum atomic E-state index is -1.44. The maximum absolute atomic E-state index is 14.7. The van der Waals surface area contributed by atoms with Gasteiger partial charge in [-0.2, -0.15) is 0 Å². The lowest BCUT2D eigenvalue weighted by atomic mass is 9.47. The predicted octanol–water partition coefficient (Wildman–Crippen LogP) is 20.3. The van der Waals surface area contributed by atoms with Crippen LogP contribution in [-0.2, 0) is 19.2 Å². The number of aliphatic hydroxyl groups excluding tert-OH is 4. The van der Waals surface area contributed by atoms with Crippen molar-refractivity contribution in [2.75, 3.05) is 0 Å². The van der Waals surface area contributed by atoms with Crippen LogP contribution in [0.2, 0.25) is 0 Å². The maximum atomic E-state index is 14.7. The summed E-state index contributed by atoms with van der Waals surface area (Å²) in [7, 11) is 0.